The van der Waals surface area contributed by atoms with Crippen LogP contribution < -0.4 is 5.32 Å². The summed E-state index contributed by atoms with van der Waals surface area (Å²) in [5.41, 5.74) is 1.13. The number of hydrogen-bond donors (Lipinski definition) is 1. The maximum absolute atomic E-state index is 12.1. The Labute approximate surface area is 143 Å². The lowest BCUT2D eigenvalue weighted by molar-refractivity contribution is -0.120. The molecule has 124 valence electrons. The zero-order valence-electron chi connectivity index (χ0n) is 12.9. The highest BCUT2D eigenvalue weighted by Gasteiger charge is 2.15. The third kappa shape index (κ3) is 5.85. The van der Waals surface area contributed by atoms with Crippen molar-refractivity contribution >= 4 is 29.3 Å². The minimum absolute atomic E-state index is 0.0737. The monoisotopic (exact) mass is 355 g/mol. The van der Waals surface area contributed by atoms with E-state index < -0.39 is 0 Å². The minimum Gasteiger partial charge on any atom is -0.377 e. The van der Waals surface area contributed by atoms with Gasteiger partial charge in [0.05, 0.1) is 11.8 Å². The predicted octanol–water partition coefficient (Wildman–Crippen LogP) is 2.81. The van der Waals surface area contributed by atoms with E-state index in [0.717, 1.165) is 11.3 Å². The van der Waals surface area contributed by atoms with Crippen molar-refractivity contribution in [1.29, 1.82) is 0 Å². The molecule has 0 aliphatic rings. The van der Waals surface area contributed by atoms with Crippen LogP contribution >= 0.6 is 23.4 Å². The second kappa shape index (κ2) is 8.90. The Balaban J connectivity index is 1.74. The summed E-state index contributed by atoms with van der Waals surface area (Å²) in [5.74, 6) is 1.49. The molecule has 1 N–H and O–H groups in total. The summed E-state index contributed by atoms with van der Waals surface area (Å²) in [4.78, 5) is 16.2. The number of ether oxygens (including phenoxy) is 1. The molecule has 0 saturated carbocycles. The standard InChI is InChI=1S/C15H18ClN3O3S/c1-10(23-9-11-3-5-12(16)6-4-11)15(20)17-7-14-18-13(8-21-2)19-22-14/h3-6,10H,7-9H2,1-2H3,(H,17,20)/t10-/m0/s1. The van der Waals surface area contributed by atoms with Crippen LogP contribution in [0.25, 0.3) is 0 Å². The van der Waals surface area contributed by atoms with Gasteiger partial charge < -0.3 is 14.6 Å². The number of amides is 1. The number of hydrogen-bond acceptors (Lipinski definition) is 6. The van der Waals surface area contributed by atoms with E-state index in [1.165, 1.54) is 0 Å². The van der Waals surface area contributed by atoms with Gasteiger partial charge in [-0.3, -0.25) is 4.79 Å². The Hall–Kier alpha value is -1.57. The van der Waals surface area contributed by atoms with Gasteiger partial charge in [-0.25, -0.2) is 0 Å². The molecule has 1 atom stereocenters. The number of nitrogens with one attached hydrogen (secondary N) is 1. The number of rotatable bonds is 8. The highest BCUT2D eigenvalue weighted by molar-refractivity contribution is 7.99. The molecule has 1 amide bonds. The average Bonchev–Trinajstić information content (AvgIpc) is 2.99. The van der Waals surface area contributed by atoms with E-state index in [1.807, 2.05) is 31.2 Å². The Kier molecular flexibility index (Phi) is 6.88. The summed E-state index contributed by atoms with van der Waals surface area (Å²) >= 11 is 7.40. The quantitative estimate of drug-likeness (QED) is 0.784. The number of nitrogens with zero attached hydrogens (tertiary/aromatic N) is 2. The van der Waals surface area contributed by atoms with Crippen molar-refractivity contribution in [2.75, 3.05) is 7.11 Å². The molecule has 0 radical (unpaired) electrons. The predicted molar refractivity (Wildman–Crippen MR) is 89.1 cm³/mol. The molecule has 0 saturated heterocycles. The molecule has 8 heteroatoms. The molecule has 23 heavy (non-hydrogen) atoms. The number of aromatic nitrogens is 2. The summed E-state index contributed by atoms with van der Waals surface area (Å²) in [7, 11) is 1.55. The second-order valence-electron chi connectivity index (χ2n) is 4.83. The molecule has 2 rings (SSSR count). The van der Waals surface area contributed by atoms with Gasteiger partial charge in [-0.05, 0) is 24.6 Å². The third-order valence-corrected chi connectivity index (χ3v) is 4.45. The summed E-state index contributed by atoms with van der Waals surface area (Å²) in [6.07, 6.45) is 0. The smallest absolute Gasteiger partial charge is 0.246 e. The van der Waals surface area contributed by atoms with Crippen LogP contribution in [0.1, 0.15) is 24.2 Å². The van der Waals surface area contributed by atoms with Gasteiger partial charge >= 0.3 is 0 Å². The Morgan fingerprint density at radius 1 is 1.43 bits per heavy atom. The topological polar surface area (TPSA) is 77.3 Å². The van der Waals surface area contributed by atoms with E-state index in [9.17, 15) is 4.79 Å². The Bertz CT molecular complexity index is 633. The highest BCUT2D eigenvalue weighted by Crippen LogP contribution is 2.19. The van der Waals surface area contributed by atoms with E-state index in [0.29, 0.717) is 16.7 Å². The molecule has 0 bridgehead atoms. The number of halogens is 1. The first-order valence-corrected chi connectivity index (χ1v) is 8.45. The molecule has 1 aromatic heterocycles. The van der Waals surface area contributed by atoms with Crippen LogP contribution in [0.4, 0.5) is 0 Å². The highest BCUT2D eigenvalue weighted by atomic mass is 35.5. The van der Waals surface area contributed by atoms with E-state index in [2.05, 4.69) is 15.5 Å². The van der Waals surface area contributed by atoms with Crippen LogP contribution in [0.3, 0.4) is 0 Å². The molecule has 6 nitrogen and oxygen atoms in total. The summed E-state index contributed by atoms with van der Waals surface area (Å²) < 4.78 is 9.92. The van der Waals surface area contributed by atoms with Gasteiger partial charge in [0.1, 0.15) is 6.61 Å². The Morgan fingerprint density at radius 2 is 2.17 bits per heavy atom. The van der Waals surface area contributed by atoms with Crippen molar-refractivity contribution < 1.29 is 14.1 Å². The largest absolute Gasteiger partial charge is 0.377 e. The fourth-order valence-corrected chi connectivity index (χ4v) is 2.73. The first kappa shape index (κ1) is 17.8. The van der Waals surface area contributed by atoms with E-state index in [4.69, 9.17) is 20.9 Å². The lowest BCUT2D eigenvalue weighted by atomic mass is 10.2. The molecule has 0 fully saturated rings. The molecule has 1 aromatic carbocycles. The number of thioether (sulfide) groups is 1. The summed E-state index contributed by atoms with van der Waals surface area (Å²) in [6, 6.07) is 7.59. The Morgan fingerprint density at radius 3 is 2.87 bits per heavy atom. The lowest BCUT2D eigenvalue weighted by Gasteiger charge is -2.10. The lowest BCUT2D eigenvalue weighted by Crippen LogP contribution is -2.30. The van der Waals surface area contributed by atoms with Gasteiger partial charge in [0.2, 0.25) is 11.8 Å². The van der Waals surface area contributed by atoms with Gasteiger partial charge in [0, 0.05) is 17.9 Å². The van der Waals surface area contributed by atoms with Gasteiger partial charge in [0.25, 0.3) is 0 Å². The zero-order chi connectivity index (χ0) is 16.7. The third-order valence-electron chi connectivity index (χ3n) is 2.98. The number of carbonyl (C=O) groups is 1. The van der Waals surface area contributed by atoms with E-state index >= 15 is 0 Å². The van der Waals surface area contributed by atoms with Crippen molar-refractivity contribution in [3.8, 4) is 0 Å². The minimum atomic E-state index is -0.188. The fourth-order valence-electron chi connectivity index (χ4n) is 1.73. The maximum Gasteiger partial charge on any atom is 0.246 e. The maximum atomic E-state index is 12.1. The SMILES string of the molecule is COCc1noc(CNC(=O)[C@H](C)SCc2ccc(Cl)cc2)n1. The number of carbonyl (C=O) groups excluding carboxylic acids is 1. The fraction of sp³-hybridized carbons (Fsp3) is 0.400. The molecule has 0 aliphatic carbocycles. The molecule has 0 spiro atoms. The average molecular weight is 356 g/mol. The first-order chi connectivity index (χ1) is 11.1. The molecule has 1 heterocycles. The van der Waals surface area contributed by atoms with Crippen molar-refractivity contribution in [3.63, 3.8) is 0 Å². The van der Waals surface area contributed by atoms with Crippen molar-refractivity contribution in [2.45, 2.75) is 31.1 Å². The van der Waals surface area contributed by atoms with Crippen LogP contribution in [0.2, 0.25) is 5.02 Å². The molecule has 2 aromatic rings. The van der Waals surface area contributed by atoms with Gasteiger partial charge in [-0.15, -0.1) is 11.8 Å². The van der Waals surface area contributed by atoms with Crippen LogP contribution in [0.5, 0.6) is 0 Å². The number of methoxy groups -OCH3 is 1. The number of benzene rings is 1. The van der Waals surface area contributed by atoms with Gasteiger partial charge in [0.15, 0.2) is 5.82 Å². The first-order valence-electron chi connectivity index (χ1n) is 7.02. The zero-order valence-corrected chi connectivity index (χ0v) is 14.5. The summed E-state index contributed by atoms with van der Waals surface area (Å²) in [5, 5.41) is 7.03. The summed E-state index contributed by atoms with van der Waals surface area (Å²) in [6.45, 7) is 2.35. The van der Waals surface area contributed by atoms with Crippen LogP contribution in [-0.2, 0) is 28.4 Å². The van der Waals surface area contributed by atoms with E-state index in [1.54, 1.807) is 18.9 Å². The van der Waals surface area contributed by atoms with Crippen LogP contribution in [0, 0.1) is 0 Å². The molecular weight excluding hydrogens is 338 g/mol. The van der Waals surface area contributed by atoms with Crippen molar-refractivity contribution in [1.82, 2.24) is 15.5 Å². The molecule has 0 unspecified atom stereocenters. The van der Waals surface area contributed by atoms with Crippen molar-refractivity contribution in [2.24, 2.45) is 0 Å². The second-order valence-corrected chi connectivity index (χ2v) is 6.60. The van der Waals surface area contributed by atoms with Gasteiger partial charge in [-0.2, -0.15) is 4.98 Å². The van der Waals surface area contributed by atoms with Crippen LogP contribution in [-0.4, -0.2) is 28.4 Å². The van der Waals surface area contributed by atoms with Crippen LogP contribution in [0.15, 0.2) is 28.8 Å². The van der Waals surface area contributed by atoms with E-state index in [-0.39, 0.29) is 24.3 Å². The van der Waals surface area contributed by atoms with Gasteiger partial charge in [-0.1, -0.05) is 28.9 Å². The van der Waals surface area contributed by atoms with Crippen molar-refractivity contribution in [3.05, 3.63) is 46.6 Å². The molecular formula is C15H18ClN3O3S. The normalized spacial score (nSPS) is 12.1. The molecule has 0 aliphatic heterocycles.